The lowest BCUT2D eigenvalue weighted by Crippen LogP contribution is -2.37. The van der Waals surface area contributed by atoms with Crippen LogP contribution in [0.1, 0.15) is 40.1 Å². The van der Waals surface area contributed by atoms with Gasteiger partial charge in [-0.15, -0.1) is 11.3 Å². The minimum atomic E-state index is -0.153. The van der Waals surface area contributed by atoms with Gasteiger partial charge in [0.1, 0.15) is 5.00 Å². The van der Waals surface area contributed by atoms with Crippen molar-refractivity contribution in [2.24, 2.45) is 0 Å². The number of nitrogens with zero attached hydrogens (tertiary/aromatic N) is 1. The van der Waals surface area contributed by atoms with Gasteiger partial charge in [0, 0.05) is 29.4 Å². The third-order valence-corrected chi connectivity index (χ3v) is 5.84. The van der Waals surface area contributed by atoms with Crippen molar-refractivity contribution in [2.45, 2.75) is 40.3 Å². The molecule has 3 rings (SSSR count). The van der Waals surface area contributed by atoms with E-state index < -0.39 is 0 Å². The first-order valence-corrected chi connectivity index (χ1v) is 9.60. The number of urea groups is 1. The van der Waals surface area contributed by atoms with Crippen LogP contribution in [0.15, 0.2) is 48.8 Å². The molecule has 4 nitrogen and oxygen atoms in total. The van der Waals surface area contributed by atoms with Gasteiger partial charge in [0.05, 0.1) is 6.04 Å². The second-order valence-electron chi connectivity index (χ2n) is 6.63. The molecule has 0 aliphatic rings. The summed E-state index contributed by atoms with van der Waals surface area (Å²) >= 11 is 1.76. The lowest BCUT2D eigenvalue weighted by atomic mass is 10.1. The summed E-state index contributed by atoms with van der Waals surface area (Å²) in [6, 6.07) is 12.0. The van der Waals surface area contributed by atoms with Gasteiger partial charge in [0.15, 0.2) is 0 Å². The first kappa shape index (κ1) is 18.3. The van der Waals surface area contributed by atoms with Crippen LogP contribution >= 0.6 is 11.3 Å². The van der Waals surface area contributed by atoms with Crippen molar-refractivity contribution in [2.75, 3.05) is 0 Å². The van der Waals surface area contributed by atoms with Crippen molar-refractivity contribution in [3.63, 3.8) is 0 Å². The van der Waals surface area contributed by atoms with Crippen molar-refractivity contribution in [3.8, 4) is 5.00 Å². The number of carbonyl (C=O) groups excluding carboxylic acids is 1. The molecule has 2 amide bonds. The molecule has 0 fully saturated rings. The van der Waals surface area contributed by atoms with Crippen molar-refractivity contribution < 1.29 is 4.79 Å². The number of benzene rings is 1. The molecule has 0 aliphatic heterocycles. The number of amides is 2. The molecule has 0 spiro atoms. The van der Waals surface area contributed by atoms with E-state index in [1.165, 1.54) is 21.6 Å². The van der Waals surface area contributed by atoms with Crippen molar-refractivity contribution in [1.29, 1.82) is 0 Å². The number of aryl methyl sites for hydroxylation is 2. The van der Waals surface area contributed by atoms with Crippen molar-refractivity contribution in [3.05, 3.63) is 75.9 Å². The molecule has 2 aromatic heterocycles. The Morgan fingerprint density at radius 2 is 1.77 bits per heavy atom. The fourth-order valence-corrected chi connectivity index (χ4v) is 4.23. The maximum Gasteiger partial charge on any atom is 0.315 e. The Morgan fingerprint density at radius 3 is 2.42 bits per heavy atom. The molecule has 1 atom stereocenters. The Balaban J connectivity index is 1.69. The maximum absolute atomic E-state index is 12.4. The summed E-state index contributed by atoms with van der Waals surface area (Å²) in [6.45, 7) is 8.86. The van der Waals surface area contributed by atoms with Crippen LogP contribution in [0, 0.1) is 20.8 Å². The van der Waals surface area contributed by atoms with Gasteiger partial charge >= 0.3 is 6.03 Å². The Bertz CT molecular complexity index is 879. The Hall–Kier alpha value is -2.53. The summed E-state index contributed by atoms with van der Waals surface area (Å²) in [6.07, 6.45) is 4.08. The monoisotopic (exact) mass is 367 g/mol. The van der Waals surface area contributed by atoms with Crippen LogP contribution in [0.25, 0.3) is 5.00 Å². The van der Waals surface area contributed by atoms with E-state index >= 15 is 0 Å². The van der Waals surface area contributed by atoms with Crippen LogP contribution < -0.4 is 10.6 Å². The highest BCUT2D eigenvalue weighted by Gasteiger charge is 2.20. The van der Waals surface area contributed by atoms with Crippen LogP contribution in [0.2, 0.25) is 0 Å². The van der Waals surface area contributed by atoms with E-state index in [9.17, 15) is 4.79 Å². The van der Waals surface area contributed by atoms with Gasteiger partial charge in [-0.25, -0.2) is 4.79 Å². The minimum absolute atomic E-state index is 0.0737. The molecule has 136 valence electrons. The normalized spacial score (nSPS) is 12.0. The van der Waals surface area contributed by atoms with E-state index in [4.69, 9.17) is 0 Å². The van der Waals surface area contributed by atoms with E-state index in [2.05, 4.69) is 48.1 Å². The molecular weight excluding hydrogens is 342 g/mol. The molecule has 2 heterocycles. The number of hydrogen-bond donors (Lipinski definition) is 2. The van der Waals surface area contributed by atoms with Gasteiger partial charge < -0.3 is 15.2 Å². The second-order valence-corrected chi connectivity index (χ2v) is 7.83. The Kier molecular flexibility index (Phi) is 5.47. The second kappa shape index (κ2) is 7.79. The van der Waals surface area contributed by atoms with Gasteiger partial charge in [-0.05, 0) is 51.0 Å². The van der Waals surface area contributed by atoms with E-state index in [1.807, 2.05) is 43.6 Å². The quantitative estimate of drug-likeness (QED) is 0.653. The molecule has 0 radical (unpaired) electrons. The summed E-state index contributed by atoms with van der Waals surface area (Å²) in [5.74, 6) is 0. The fraction of sp³-hybridized carbons (Fsp3) is 0.286. The molecule has 26 heavy (non-hydrogen) atoms. The van der Waals surface area contributed by atoms with Gasteiger partial charge in [-0.3, -0.25) is 0 Å². The summed E-state index contributed by atoms with van der Waals surface area (Å²) in [5, 5.41) is 7.19. The molecule has 0 saturated heterocycles. The smallest absolute Gasteiger partial charge is 0.315 e. The molecule has 0 saturated carbocycles. The predicted octanol–water partition coefficient (Wildman–Crippen LogP) is 5.02. The molecule has 2 N–H and O–H groups in total. The summed E-state index contributed by atoms with van der Waals surface area (Å²) in [4.78, 5) is 13.6. The van der Waals surface area contributed by atoms with Gasteiger partial charge in [-0.2, -0.15) is 0 Å². The average Bonchev–Trinajstić information content (AvgIpc) is 3.23. The van der Waals surface area contributed by atoms with E-state index in [1.54, 1.807) is 11.3 Å². The largest absolute Gasteiger partial charge is 0.334 e. The zero-order valence-electron chi connectivity index (χ0n) is 15.7. The molecule has 3 aromatic rings. The van der Waals surface area contributed by atoms with E-state index in [0.717, 1.165) is 10.6 Å². The number of rotatable bonds is 5. The summed E-state index contributed by atoms with van der Waals surface area (Å²) in [5.41, 5.74) is 4.72. The third-order valence-electron chi connectivity index (χ3n) is 4.61. The molecule has 0 unspecified atom stereocenters. The summed E-state index contributed by atoms with van der Waals surface area (Å²) < 4.78 is 2.11. The first-order chi connectivity index (χ1) is 12.5. The van der Waals surface area contributed by atoms with E-state index in [-0.39, 0.29) is 12.1 Å². The zero-order valence-corrected chi connectivity index (χ0v) is 16.5. The SMILES string of the molecule is Cc1ccc(CNC(=O)N[C@H](C)c2c(-n3cccc3)sc(C)c2C)cc1. The average molecular weight is 368 g/mol. The van der Waals surface area contributed by atoms with E-state index in [0.29, 0.717) is 6.54 Å². The van der Waals surface area contributed by atoms with Gasteiger partial charge in [0.2, 0.25) is 0 Å². The lowest BCUT2D eigenvalue weighted by Gasteiger charge is -2.17. The van der Waals surface area contributed by atoms with Crippen LogP contribution in [-0.4, -0.2) is 10.6 Å². The topological polar surface area (TPSA) is 46.1 Å². The van der Waals surface area contributed by atoms with Crippen LogP contribution in [0.4, 0.5) is 4.79 Å². The Morgan fingerprint density at radius 1 is 1.12 bits per heavy atom. The predicted molar refractivity (Wildman–Crippen MR) is 108 cm³/mol. The maximum atomic E-state index is 12.4. The molecule has 5 heteroatoms. The zero-order chi connectivity index (χ0) is 18.7. The van der Waals surface area contributed by atoms with Gasteiger partial charge in [-0.1, -0.05) is 29.8 Å². The van der Waals surface area contributed by atoms with Crippen LogP contribution in [0.3, 0.4) is 0 Å². The summed E-state index contributed by atoms with van der Waals surface area (Å²) in [7, 11) is 0. The highest BCUT2D eigenvalue weighted by atomic mass is 32.1. The third kappa shape index (κ3) is 3.99. The highest BCUT2D eigenvalue weighted by Crippen LogP contribution is 2.35. The number of nitrogens with one attached hydrogen (secondary N) is 2. The highest BCUT2D eigenvalue weighted by molar-refractivity contribution is 7.14. The number of thiophene rings is 1. The standard InChI is InChI=1S/C21H25N3OS/c1-14-7-9-18(10-8-14)13-22-21(25)23-16(3)19-15(2)17(4)26-20(19)24-11-5-6-12-24/h5-12,16H,13H2,1-4H3,(H2,22,23,25)/t16-/m1/s1. The Labute approximate surface area is 158 Å². The molecule has 0 aliphatic carbocycles. The molecule has 1 aromatic carbocycles. The number of aromatic nitrogens is 1. The van der Waals surface area contributed by atoms with Crippen molar-refractivity contribution >= 4 is 17.4 Å². The number of carbonyl (C=O) groups is 1. The minimum Gasteiger partial charge on any atom is -0.334 e. The van der Waals surface area contributed by atoms with Crippen LogP contribution in [-0.2, 0) is 6.54 Å². The van der Waals surface area contributed by atoms with Crippen LogP contribution in [0.5, 0.6) is 0 Å². The number of hydrogen-bond acceptors (Lipinski definition) is 2. The first-order valence-electron chi connectivity index (χ1n) is 8.79. The van der Waals surface area contributed by atoms with Crippen molar-refractivity contribution in [1.82, 2.24) is 15.2 Å². The fourth-order valence-electron chi connectivity index (χ4n) is 3.01. The van der Waals surface area contributed by atoms with Gasteiger partial charge in [0.25, 0.3) is 0 Å². The lowest BCUT2D eigenvalue weighted by molar-refractivity contribution is 0.237. The molecular formula is C21H25N3OS. The molecule has 0 bridgehead atoms.